The van der Waals surface area contributed by atoms with Crippen molar-refractivity contribution in [2.45, 2.75) is 46.6 Å². The number of benzene rings is 2. The molecule has 0 unspecified atom stereocenters. The molecular weight excluding hydrogens is 552 g/mol. The molecule has 1 aliphatic heterocycles. The summed E-state index contributed by atoms with van der Waals surface area (Å²) in [6.45, 7) is 10.0. The summed E-state index contributed by atoms with van der Waals surface area (Å²) in [5.41, 5.74) is 3.66. The number of ether oxygens (including phenoxy) is 2. The Bertz CT molecular complexity index is 1860. The highest BCUT2D eigenvalue weighted by molar-refractivity contribution is 7.07. The molecule has 2 aromatic heterocycles. The fourth-order valence-electron chi connectivity index (χ4n) is 4.90. The Balaban J connectivity index is 1.57. The van der Waals surface area contributed by atoms with Crippen LogP contribution in [0.15, 0.2) is 86.1 Å². The predicted octanol–water partition coefficient (Wildman–Crippen LogP) is 5.36. The first kappa shape index (κ1) is 29.0. The largest absolute Gasteiger partial charge is 0.463 e. The van der Waals surface area contributed by atoms with Crippen LogP contribution in [0.2, 0.25) is 0 Å². The first-order valence-corrected chi connectivity index (χ1v) is 14.7. The Morgan fingerprint density at radius 1 is 1.02 bits per heavy atom. The maximum atomic E-state index is 13.9. The van der Waals surface area contributed by atoms with Gasteiger partial charge >= 0.3 is 11.9 Å². The van der Waals surface area contributed by atoms with Crippen molar-refractivity contribution in [3.8, 4) is 11.3 Å². The van der Waals surface area contributed by atoms with Crippen molar-refractivity contribution in [1.82, 2.24) is 4.57 Å². The quantitative estimate of drug-likeness (QED) is 0.259. The smallest absolute Gasteiger partial charge is 0.338 e. The van der Waals surface area contributed by atoms with Crippen LogP contribution < -0.4 is 14.9 Å². The number of rotatable bonds is 8. The number of carbonyl (C=O) groups is 2. The molecule has 2 aromatic carbocycles. The molecule has 0 saturated heterocycles. The van der Waals surface area contributed by atoms with Crippen LogP contribution in [-0.4, -0.2) is 29.7 Å². The summed E-state index contributed by atoms with van der Waals surface area (Å²) in [7, 11) is 0. The second-order valence-corrected chi connectivity index (χ2v) is 11.1. The van der Waals surface area contributed by atoms with E-state index in [0.717, 1.165) is 11.1 Å². The summed E-state index contributed by atoms with van der Waals surface area (Å²) in [6, 6.07) is 17.8. The highest BCUT2D eigenvalue weighted by Crippen LogP contribution is 2.31. The first-order chi connectivity index (χ1) is 20.2. The highest BCUT2D eigenvalue weighted by Gasteiger charge is 2.33. The zero-order valence-electron chi connectivity index (χ0n) is 24.2. The number of fused-ring (bicyclic) bond motifs is 1. The molecule has 0 saturated carbocycles. The molecule has 1 aliphatic rings. The number of thiazole rings is 1. The van der Waals surface area contributed by atoms with Gasteiger partial charge in [-0.15, -0.1) is 0 Å². The average molecular weight is 585 g/mol. The minimum Gasteiger partial charge on any atom is -0.463 e. The molecule has 0 N–H and O–H groups in total. The van der Waals surface area contributed by atoms with Crippen molar-refractivity contribution in [3.63, 3.8) is 0 Å². The minimum atomic E-state index is -0.679. The number of furan rings is 1. The lowest BCUT2D eigenvalue weighted by molar-refractivity contribution is -0.139. The van der Waals surface area contributed by atoms with Crippen LogP contribution in [0.1, 0.15) is 73.8 Å². The summed E-state index contributed by atoms with van der Waals surface area (Å²) in [5.74, 6) is 0.457. The molecule has 8 nitrogen and oxygen atoms in total. The number of hydrogen-bond acceptors (Lipinski definition) is 8. The van der Waals surface area contributed by atoms with E-state index in [4.69, 9.17) is 13.9 Å². The Kier molecular flexibility index (Phi) is 8.40. The van der Waals surface area contributed by atoms with Crippen molar-refractivity contribution >= 4 is 29.4 Å². The highest BCUT2D eigenvalue weighted by atomic mass is 32.1. The van der Waals surface area contributed by atoms with Crippen LogP contribution >= 0.6 is 11.3 Å². The lowest BCUT2D eigenvalue weighted by Crippen LogP contribution is -2.39. The number of carbonyl (C=O) groups excluding carboxylic acids is 2. The first-order valence-electron chi connectivity index (χ1n) is 13.9. The van der Waals surface area contributed by atoms with Gasteiger partial charge in [-0.25, -0.2) is 14.6 Å². The van der Waals surface area contributed by atoms with Crippen molar-refractivity contribution in [3.05, 3.63) is 114 Å². The van der Waals surface area contributed by atoms with Gasteiger partial charge in [0.05, 0.1) is 40.6 Å². The lowest BCUT2D eigenvalue weighted by Gasteiger charge is -2.25. The minimum absolute atomic E-state index is 0.211. The van der Waals surface area contributed by atoms with E-state index in [1.807, 2.05) is 30.3 Å². The number of hydrogen-bond donors (Lipinski definition) is 0. The predicted molar refractivity (Wildman–Crippen MR) is 161 cm³/mol. The number of aromatic nitrogens is 1. The standard InChI is InChI=1S/C33H32N2O6S/c1-6-39-31(37)24-10-8-9-23(17-24)26-16-15-25(41-26)18-27-30(36)35-29(22-13-11-21(12-14-22)19(3)4)28(32(38)40-7-2)20(5)34-33(35)42-27/h8-19,29H,6-7H2,1-5H3/b27-18-/t29-/m1/s1. The van der Waals surface area contributed by atoms with Crippen LogP contribution in [0.4, 0.5) is 0 Å². The molecule has 42 heavy (non-hydrogen) atoms. The average Bonchev–Trinajstić information content (AvgIpc) is 3.57. The molecule has 216 valence electrons. The van der Waals surface area contributed by atoms with E-state index in [0.29, 0.717) is 49.2 Å². The molecule has 1 atom stereocenters. The third kappa shape index (κ3) is 5.65. The van der Waals surface area contributed by atoms with Crippen LogP contribution in [-0.2, 0) is 14.3 Å². The fourth-order valence-corrected chi connectivity index (χ4v) is 5.93. The van der Waals surface area contributed by atoms with Gasteiger partial charge in [-0.3, -0.25) is 9.36 Å². The van der Waals surface area contributed by atoms with E-state index in [2.05, 4.69) is 18.8 Å². The normalized spacial score (nSPS) is 15.0. The second-order valence-electron chi connectivity index (χ2n) is 10.1. The molecule has 9 heteroatoms. The van der Waals surface area contributed by atoms with Gasteiger partial charge in [-0.05, 0) is 62.1 Å². The Hall–Kier alpha value is -4.50. The van der Waals surface area contributed by atoms with Crippen LogP contribution in [0.25, 0.3) is 17.4 Å². The van der Waals surface area contributed by atoms with E-state index in [-0.39, 0.29) is 18.8 Å². The monoisotopic (exact) mass is 584 g/mol. The SMILES string of the molecule is CCOC(=O)C1=C(C)N=c2s/c(=C\c3ccc(-c4cccc(C(=O)OCC)c4)o3)c(=O)n2[C@@H]1c1ccc(C(C)C)cc1. The number of nitrogens with zero attached hydrogens (tertiary/aromatic N) is 2. The lowest BCUT2D eigenvalue weighted by atomic mass is 9.93. The van der Waals surface area contributed by atoms with Gasteiger partial charge in [0.15, 0.2) is 4.80 Å². The van der Waals surface area contributed by atoms with Gasteiger partial charge in [-0.1, -0.05) is 61.6 Å². The molecule has 0 spiro atoms. The molecule has 0 radical (unpaired) electrons. The molecule has 0 amide bonds. The van der Waals surface area contributed by atoms with Gasteiger partial charge in [-0.2, -0.15) is 0 Å². The summed E-state index contributed by atoms with van der Waals surface area (Å²) in [5, 5.41) is 0. The van der Waals surface area contributed by atoms with E-state index in [9.17, 15) is 14.4 Å². The van der Waals surface area contributed by atoms with E-state index in [1.54, 1.807) is 61.7 Å². The van der Waals surface area contributed by atoms with Crippen LogP contribution in [0, 0.1) is 0 Å². The van der Waals surface area contributed by atoms with Gasteiger partial charge in [0.2, 0.25) is 0 Å². The fraction of sp³-hybridized carbons (Fsp3) is 0.273. The number of esters is 2. The van der Waals surface area contributed by atoms with Crippen molar-refractivity contribution in [1.29, 1.82) is 0 Å². The summed E-state index contributed by atoms with van der Waals surface area (Å²) >= 11 is 1.23. The number of allylic oxidation sites excluding steroid dienone is 1. The summed E-state index contributed by atoms with van der Waals surface area (Å²) in [6.07, 6.45) is 1.67. The Labute approximate surface area is 247 Å². The molecule has 0 fully saturated rings. The molecule has 4 aromatic rings. The van der Waals surface area contributed by atoms with Crippen LogP contribution in [0.5, 0.6) is 0 Å². The van der Waals surface area contributed by atoms with Gasteiger partial charge in [0.25, 0.3) is 5.56 Å². The van der Waals surface area contributed by atoms with Crippen molar-refractivity contribution in [2.24, 2.45) is 4.99 Å². The molecule has 3 heterocycles. The van der Waals surface area contributed by atoms with E-state index >= 15 is 0 Å². The van der Waals surface area contributed by atoms with Gasteiger partial charge < -0.3 is 13.9 Å². The third-order valence-electron chi connectivity index (χ3n) is 6.99. The Morgan fingerprint density at radius 3 is 2.43 bits per heavy atom. The van der Waals surface area contributed by atoms with Crippen molar-refractivity contribution in [2.75, 3.05) is 13.2 Å². The molecular formula is C33H32N2O6S. The third-order valence-corrected chi connectivity index (χ3v) is 7.98. The summed E-state index contributed by atoms with van der Waals surface area (Å²) < 4.78 is 18.5. The van der Waals surface area contributed by atoms with E-state index in [1.165, 1.54) is 11.3 Å². The zero-order valence-corrected chi connectivity index (χ0v) is 25.0. The van der Waals surface area contributed by atoms with Gasteiger partial charge in [0.1, 0.15) is 11.5 Å². The van der Waals surface area contributed by atoms with E-state index < -0.39 is 18.0 Å². The topological polar surface area (TPSA) is 100 Å². The second kappa shape index (κ2) is 12.2. The van der Waals surface area contributed by atoms with Crippen molar-refractivity contribution < 1.29 is 23.5 Å². The maximum Gasteiger partial charge on any atom is 0.338 e. The molecule has 0 bridgehead atoms. The van der Waals surface area contributed by atoms with Gasteiger partial charge in [0, 0.05) is 11.6 Å². The Morgan fingerprint density at radius 2 is 1.74 bits per heavy atom. The molecule has 5 rings (SSSR count). The maximum absolute atomic E-state index is 13.9. The molecule has 0 aliphatic carbocycles. The summed E-state index contributed by atoms with van der Waals surface area (Å²) in [4.78, 5) is 44.3. The zero-order chi connectivity index (χ0) is 30.0. The van der Waals surface area contributed by atoms with Crippen LogP contribution in [0.3, 0.4) is 0 Å².